The molecule has 21 heavy (non-hydrogen) atoms. The maximum absolute atomic E-state index is 12.5. The number of amides is 3. The van der Waals surface area contributed by atoms with Crippen LogP contribution in [0.2, 0.25) is 0 Å². The lowest BCUT2D eigenvalue weighted by atomic mass is 10.0. The van der Waals surface area contributed by atoms with Crippen LogP contribution in [0.4, 0.5) is 0 Å². The SMILES string of the molecule is Cc1ccc2c(c1)C(=O)N(C1CCC(=O)NC1=C=O)C2=O. The van der Waals surface area contributed by atoms with Gasteiger partial charge in [0, 0.05) is 6.42 Å². The van der Waals surface area contributed by atoms with Crippen molar-refractivity contribution in [2.75, 3.05) is 0 Å². The third-order valence-corrected chi connectivity index (χ3v) is 3.75. The molecule has 2 heterocycles. The van der Waals surface area contributed by atoms with Gasteiger partial charge >= 0.3 is 0 Å². The number of fused-ring (bicyclic) bond motifs is 1. The summed E-state index contributed by atoms with van der Waals surface area (Å²) in [4.78, 5) is 48.2. The summed E-state index contributed by atoms with van der Waals surface area (Å²) in [5.74, 6) is 0.443. The van der Waals surface area contributed by atoms with Crippen molar-refractivity contribution in [3.63, 3.8) is 0 Å². The number of carbonyl (C=O) groups excluding carboxylic acids is 4. The Labute approximate surface area is 120 Å². The standard InChI is InChI=1S/C15H12N2O4/c1-8-2-3-9-10(6-8)15(21)17(14(9)20)12-4-5-13(19)16-11(12)7-18/h2-3,6,12H,4-5H2,1H3,(H,16,19). The average Bonchev–Trinajstić information content (AvgIpc) is 2.71. The molecular weight excluding hydrogens is 272 g/mol. The first kappa shape index (κ1) is 13.3. The van der Waals surface area contributed by atoms with E-state index in [2.05, 4.69) is 5.32 Å². The maximum atomic E-state index is 12.5. The number of carbonyl (C=O) groups is 3. The second-order valence-corrected chi connectivity index (χ2v) is 5.15. The van der Waals surface area contributed by atoms with Crippen molar-refractivity contribution in [2.45, 2.75) is 25.8 Å². The summed E-state index contributed by atoms with van der Waals surface area (Å²) in [5, 5.41) is 2.38. The van der Waals surface area contributed by atoms with Crippen molar-refractivity contribution in [1.29, 1.82) is 0 Å². The van der Waals surface area contributed by atoms with Crippen LogP contribution in [0.15, 0.2) is 23.9 Å². The molecular formula is C15H12N2O4. The van der Waals surface area contributed by atoms with Gasteiger partial charge in [-0.2, -0.15) is 0 Å². The molecule has 6 nitrogen and oxygen atoms in total. The zero-order valence-corrected chi connectivity index (χ0v) is 11.3. The third kappa shape index (κ3) is 1.97. The fraction of sp³-hybridized carbons (Fsp3) is 0.267. The summed E-state index contributed by atoms with van der Waals surface area (Å²) in [6.45, 7) is 1.83. The fourth-order valence-electron chi connectivity index (χ4n) is 2.72. The van der Waals surface area contributed by atoms with E-state index in [1.54, 1.807) is 24.1 Å². The second kappa shape index (κ2) is 4.68. The molecule has 0 spiro atoms. The molecule has 1 aromatic rings. The first-order valence-electron chi connectivity index (χ1n) is 6.56. The lowest BCUT2D eigenvalue weighted by Gasteiger charge is -2.29. The van der Waals surface area contributed by atoms with Crippen molar-refractivity contribution in [1.82, 2.24) is 10.2 Å². The maximum Gasteiger partial charge on any atom is 0.262 e. The van der Waals surface area contributed by atoms with Gasteiger partial charge in [0.25, 0.3) is 11.8 Å². The molecule has 1 N–H and O–H groups in total. The van der Waals surface area contributed by atoms with Gasteiger partial charge in [0.05, 0.1) is 17.2 Å². The van der Waals surface area contributed by atoms with E-state index in [1.165, 1.54) is 0 Å². The topological polar surface area (TPSA) is 83.6 Å². The smallest absolute Gasteiger partial charge is 0.262 e. The largest absolute Gasteiger partial charge is 0.319 e. The number of benzene rings is 1. The predicted molar refractivity (Wildman–Crippen MR) is 72.1 cm³/mol. The first-order valence-corrected chi connectivity index (χ1v) is 6.56. The van der Waals surface area contributed by atoms with E-state index in [4.69, 9.17) is 0 Å². The van der Waals surface area contributed by atoms with Crippen LogP contribution in [0, 0.1) is 6.92 Å². The van der Waals surface area contributed by atoms with Crippen molar-refractivity contribution in [3.05, 3.63) is 40.6 Å². The predicted octanol–water partition coefficient (Wildman–Crippen LogP) is 0.585. The van der Waals surface area contributed by atoms with E-state index >= 15 is 0 Å². The Morgan fingerprint density at radius 3 is 2.62 bits per heavy atom. The monoisotopic (exact) mass is 284 g/mol. The number of nitrogens with zero attached hydrogens (tertiary/aromatic N) is 1. The molecule has 1 saturated heterocycles. The zero-order valence-electron chi connectivity index (χ0n) is 11.3. The van der Waals surface area contributed by atoms with Crippen LogP contribution >= 0.6 is 0 Å². The van der Waals surface area contributed by atoms with E-state index in [-0.39, 0.29) is 24.4 Å². The van der Waals surface area contributed by atoms with Gasteiger partial charge in [-0.25, -0.2) is 4.79 Å². The summed E-state index contributed by atoms with van der Waals surface area (Å²) in [6.07, 6.45) is 0.392. The molecule has 1 fully saturated rings. The molecule has 2 aliphatic rings. The minimum Gasteiger partial charge on any atom is -0.319 e. The summed E-state index contributed by atoms with van der Waals surface area (Å²) in [5.41, 5.74) is 1.48. The van der Waals surface area contributed by atoms with Gasteiger partial charge in [-0.15, -0.1) is 0 Å². The summed E-state index contributed by atoms with van der Waals surface area (Å²) in [7, 11) is 0. The fourth-order valence-corrected chi connectivity index (χ4v) is 2.72. The van der Waals surface area contributed by atoms with E-state index in [1.807, 2.05) is 6.92 Å². The van der Waals surface area contributed by atoms with Crippen LogP contribution < -0.4 is 5.32 Å². The summed E-state index contributed by atoms with van der Waals surface area (Å²) < 4.78 is 0. The number of hydrogen-bond donors (Lipinski definition) is 1. The average molecular weight is 284 g/mol. The van der Waals surface area contributed by atoms with Gasteiger partial charge in [-0.05, 0) is 25.5 Å². The zero-order chi connectivity index (χ0) is 15.1. The van der Waals surface area contributed by atoms with Crippen LogP contribution in [0.1, 0.15) is 39.1 Å². The lowest BCUT2D eigenvalue weighted by molar-refractivity contribution is -0.121. The Balaban J connectivity index is 2.02. The summed E-state index contributed by atoms with van der Waals surface area (Å²) >= 11 is 0. The minimum absolute atomic E-state index is 0.0579. The number of hydrogen-bond acceptors (Lipinski definition) is 4. The van der Waals surface area contributed by atoms with Gasteiger partial charge in [0.2, 0.25) is 5.91 Å². The molecule has 1 unspecified atom stereocenters. The van der Waals surface area contributed by atoms with Crippen molar-refractivity contribution >= 4 is 23.7 Å². The third-order valence-electron chi connectivity index (χ3n) is 3.75. The Kier molecular flexibility index (Phi) is 2.96. The van der Waals surface area contributed by atoms with E-state index in [9.17, 15) is 19.2 Å². The van der Waals surface area contributed by atoms with Crippen LogP contribution in [-0.2, 0) is 9.59 Å². The van der Waals surface area contributed by atoms with Crippen molar-refractivity contribution < 1.29 is 19.2 Å². The molecule has 1 atom stereocenters. The van der Waals surface area contributed by atoms with Gasteiger partial charge in [-0.1, -0.05) is 11.6 Å². The molecule has 0 radical (unpaired) electrons. The normalized spacial score (nSPS) is 21.2. The number of rotatable bonds is 1. The molecule has 3 rings (SSSR count). The Morgan fingerprint density at radius 2 is 1.90 bits per heavy atom. The van der Waals surface area contributed by atoms with Crippen molar-refractivity contribution in [3.8, 4) is 0 Å². The number of imide groups is 1. The molecule has 0 saturated carbocycles. The molecule has 106 valence electrons. The van der Waals surface area contributed by atoms with Crippen LogP contribution in [0.25, 0.3) is 0 Å². The number of nitrogens with one attached hydrogen (secondary N) is 1. The second-order valence-electron chi connectivity index (χ2n) is 5.15. The van der Waals surface area contributed by atoms with Gasteiger partial charge < -0.3 is 5.32 Å². The van der Waals surface area contributed by atoms with E-state index in [0.717, 1.165) is 10.5 Å². The molecule has 3 amide bonds. The molecule has 6 heteroatoms. The van der Waals surface area contributed by atoms with Gasteiger partial charge in [0.15, 0.2) is 0 Å². The van der Waals surface area contributed by atoms with Crippen LogP contribution in [0.5, 0.6) is 0 Å². The quantitative estimate of drug-likeness (QED) is 0.604. The molecule has 2 aliphatic heterocycles. The van der Waals surface area contributed by atoms with Gasteiger partial charge in [0.1, 0.15) is 11.6 Å². The highest BCUT2D eigenvalue weighted by Crippen LogP contribution is 2.29. The molecule has 0 aromatic heterocycles. The van der Waals surface area contributed by atoms with Gasteiger partial charge in [-0.3, -0.25) is 19.3 Å². The van der Waals surface area contributed by atoms with Crippen LogP contribution in [0.3, 0.4) is 0 Å². The minimum atomic E-state index is -0.757. The first-order chi connectivity index (χ1) is 10.0. The Hall–Kier alpha value is -2.72. The Morgan fingerprint density at radius 1 is 1.19 bits per heavy atom. The highest BCUT2D eigenvalue weighted by Gasteiger charge is 2.43. The van der Waals surface area contributed by atoms with Crippen molar-refractivity contribution in [2.24, 2.45) is 0 Å². The van der Waals surface area contributed by atoms with E-state index < -0.39 is 17.9 Å². The van der Waals surface area contributed by atoms with E-state index in [0.29, 0.717) is 11.1 Å². The molecule has 0 aliphatic carbocycles. The highest BCUT2D eigenvalue weighted by atomic mass is 16.2. The number of piperidine rings is 1. The highest BCUT2D eigenvalue weighted by molar-refractivity contribution is 6.22. The lowest BCUT2D eigenvalue weighted by Crippen LogP contribution is -2.48. The number of aryl methyl sites for hydroxylation is 1. The van der Waals surface area contributed by atoms with Crippen LogP contribution in [-0.4, -0.2) is 34.6 Å². The molecule has 0 bridgehead atoms. The summed E-state index contributed by atoms with van der Waals surface area (Å²) in [6, 6.07) is 4.26. The Bertz CT molecular complexity index is 731. The molecule has 1 aromatic carbocycles.